The number of anilines is 1. The van der Waals surface area contributed by atoms with Crippen molar-refractivity contribution in [3.05, 3.63) is 81.6 Å². The molecule has 27 heavy (non-hydrogen) atoms. The van der Waals surface area contributed by atoms with Crippen LogP contribution in [-0.2, 0) is 11.3 Å². The number of rotatable bonds is 6. The van der Waals surface area contributed by atoms with E-state index in [9.17, 15) is 9.59 Å². The van der Waals surface area contributed by atoms with E-state index in [0.29, 0.717) is 23.7 Å². The van der Waals surface area contributed by atoms with E-state index in [-0.39, 0.29) is 17.9 Å². The molecule has 1 N–H and O–H groups in total. The van der Waals surface area contributed by atoms with Crippen LogP contribution in [0.2, 0.25) is 5.02 Å². The summed E-state index contributed by atoms with van der Waals surface area (Å²) in [6.07, 6.45) is 0.798. The minimum absolute atomic E-state index is 0.118. The number of amides is 1. The zero-order valence-corrected chi connectivity index (χ0v) is 15.7. The van der Waals surface area contributed by atoms with E-state index in [1.54, 1.807) is 18.2 Å². The number of benzene rings is 2. The third-order valence-electron chi connectivity index (χ3n) is 4.25. The van der Waals surface area contributed by atoms with Gasteiger partial charge in [0.2, 0.25) is 5.91 Å². The normalized spacial score (nSPS) is 10.6. The highest BCUT2D eigenvalue weighted by Crippen LogP contribution is 2.23. The van der Waals surface area contributed by atoms with Crippen molar-refractivity contribution in [2.75, 3.05) is 5.32 Å². The SMILES string of the molecule is Cc1c(Cl)cccc1NC(=O)CCCn1nc(-c2ccccc2)ccc1=O. The zero-order chi connectivity index (χ0) is 19.2. The topological polar surface area (TPSA) is 64.0 Å². The molecule has 0 aliphatic heterocycles. The molecule has 0 fully saturated rings. The lowest BCUT2D eigenvalue weighted by molar-refractivity contribution is -0.116. The highest BCUT2D eigenvalue weighted by atomic mass is 35.5. The first-order valence-electron chi connectivity index (χ1n) is 8.73. The van der Waals surface area contributed by atoms with Gasteiger partial charge in [0.05, 0.1) is 5.69 Å². The average Bonchev–Trinajstić information content (AvgIpc) is 2.67. The van der Waals surface area contributed by atoms with Crippen molar-refractivity contribution in [3.8, 4) is 11.3 Å². The van der Waals surface area contributed by atoms with Crippen molar-refractivity contribution >= 4 is 23.2 Å². The fraction of sp³-hybridized carbons (Fsp3) is 0.190. The van der Waals surface area contributed by atoms with Gasteiger partial charge in [0.1, 0.15) is 0 Å². The number of carbonyl (C=O) groups excluding carboxylic acids is 1. The molecular formula is C21H20ClN3O2. The molecule has 0 radical (unpaired) electrons. The number of hydrogen-bond donors (Lipinski definition) is 1. The largest absolute Gasteiger partial charge is 0.326 e. The van der Waals surface area contributed by atoms with Gasteiger partial charge in [-0.25, -0.2) is 4.68 Å². The van der Waals surface area contributed by atoms with Crippen LogP contribution >= 0.6 is 11.6 Å². The van der Waals surface area contributed by atoms with Crippen LogP contribution < -0.4 is 10.9 Å². The van der Waals surface area contributed by atoms with E-state index in [1.807, 2.05) is 43.3 Å². The quantitative estimate of drug-likeness (QED) is 0.692. The molecule has 3 rings (SSSR count). The highest BCUT2D eigenvalue weighted by molar-refractivity contribution is 6.31. The van der Waals surface area contributed by atoms with Gasteiger partial charge in [-0.15, -0.1) is 0 Å². The Hall–Kier alpha value is -2.92. The van der Waals surface area contributed by atoms with Crippen LogP contribution in [-0.4, -0.2) is 15.7 Å². The number of halogens is 1. The summed E-state index contributed by atoms with van der Waals surface area (Å²) in [4.78, 5) is 24.2. The molecule has 0 aliphatic rings. The smallest absolute Gasteiger partial charge is 0.266 e. The van der Waals surface area contributed by atoms with E-state index in [1.165, 1.54) is 10.7 Å². The predicted octanol–water partition coefficient (Wildman–Crippen LogP) is 4.29. The molecule has 0 unspecified atom stereocenters. The summed E-state index contributed by atoms with van der Waals surface area (Å²) < 4.78 is 1.40. The second-order valence-corrected chi connectivity index (χ2v) is 6.62. The van der Waals surface area contributed by atoms with Crippen molar-refractivity contribution in [1.29, 1.82) is 0 Å². The Labute approximate surface area is 162 Å². The van der Waals surface area contributed by atoms with Crippen LogP contribution in [0.25, 0.3) is 11.3 Å². The Kier molecular flexibility index (Phi) is 6.04. The first kappa shape index (κ1) is 18.9. The third-order valence-corrected chi connectivity index (χ3v) is 4.66. The number of hydrogen-bond acceptors (Lipinski definition) is 3. The molecule has 0 atom stereocenters. The van der Waals surface area contributed by atoms with Crippen LogP contribution in [0.5, 0.6) is 0 Å². The standard InChI is InChI=1S/C21H20ClN3O2/c1-15-17(22)9-5-10-18(15)23-20(26)11-6-14-25-21(27)13-12-19(24-25)16-7-3-2-4-8-16/h2-5,7-10,12-13H,6,11,14H2,1H3,(H,23,26). The van der Waals surface area contributed by atoms with Gasteiger partial charge in [0, 0.05) is 35.3 Å². The van der Waals surface area contributed by atoms with Crippen molar-refractivity contribution in [2.24, 2.45) is 0 Å². The molecular weight excluding hydrogens is 362 g/mol. The predicted molar refractivity (Wildman–Crippen MR) is 108 cm³/mol. The molecule has 2 aromatic carbocycles. The summed E-state index contributed by atoms with van der Waals surface area (Å²) in [6, 6.07) is 18.3. The van der Waals surface area contributed by atoms with Gasteiger partial charge in [-0.3, -0.25) is 9.59 Å². The average molecular weight is 382 g/mol. The fourth-order valence-corrected chi connectivity index (χ4v) is 2.89. The maximum absolute atomic E-state index is 12.2. The molecule has 0 aliphatic carbocycles. The van der Waals surface area contributed by atoms with Crippen molar-refractivity contribution in [1.82, 2.24) is 9.78 Å². The number of aromatic nitrogens is 2. The number of aryl methyl sites for hydroxylation is 1. The van der Waals surface area contributed by atoms with Crippen molar-refractivity contribution in [2.45, 2.75) is 26.3 Å². The van der Waals surface area contributed by atoms with Gasteiger partial charge in [0.15, 0.2) is 0 Å². The van der Waals surface area contributed by atoms with Crippen molar-refractivity contribution in [3.63, 3.8) is 0 Å². The molecule has 1 heterocycles. The van der Waals surface area contributed by atoms with Crippen LogP contribution in [0.15, 0.2) is 65.5 Å². The summed E-state index contributed by atoms with van der Waals surface area (Å²) >= 11 is 6.07. The van der Waals surface area contributed by atoms with Crippen LogP contribution in [0.3, 0.4) is 0 Å². The second kappa shape index (κ2) is 8.64. The zero-order valence-electron chi connectivity index (χ0n) is 15.0. The van der Waals surface area contributed by atoms with Crippen LogP contribution in [0, 0.1) is 6.92 Å². The lowest BCUT2D eigenvalue weighted by atomic mass is 10.1. The van der Waals surface area contributed by atoms with E-state index >= 15 is 0 Å². The van der Waals surface area contributed by atoms with Gasteiger partial charge in [-0.1, -0.05) is 48.0 Å². The number of carbonyl (C=O) groups is 1. The van der Waals surface area contributed by atoms with Gasteiger partial charge in [-0.2, -0.15) is 5.10 Å². The number of nitrogens with one attached hydrogen (secondary N) is 1. The molecule has 5 nitrogen and oxygen atoms in total. The molecule has 0 saturated carbocycles. The van der Waals surface area contributed by atoms with E-state index in [2.05, 4.69) is 10.4 Å². The highest BCUT2D eigenvalue weighted by Gasteiger charge is 2.08. The molecule has 0 spiro atoms. The monoisotopic (exact) mass is 381 g/mol. The summed E-state index contributed by atoms with van der Waals surface area (Å²) in [6.45, 7) is 2.23. The molecule has 3 aromatic rings. The Morgan fingerprint density at radius 3 is 2.63 bits per heavy atom. The molecule has 1 amide bonds. The minimum atomic E-state index is -0.180. The lowest BCUT2D eigenvalue weighted by Crippen LogP contribution is -2.23. The van der Waals surface area contributed by atoms with E-state index in [4.69, 9.17) is 11.6 Å². The first-order chi connectivity index (χ1) is 13.0. The molecule has 1 aromatic heterocycles. The lowest BCUT2D eigenvalue weighted by Gasteiger charge is -2.10. The Morgan fingerprint density at radius 2 is 1.85 bits per heavy atom. The second-order valence-electron chi connectivity index (χ2n) is 6.21. The molecule has 138 valence electrons. The van der Waals surface area contributed by atoms with Crippen LogP contribution in [0.4, 0.5) is 5.69 Å². The van der Waals surface area contributed by atoms with Crippen molar-refractivity contribution < 1.29 is 4.79 Å². The molecule has 0 saturated heterocycles. The van der Waals surface area contributed by atoms with Gasteiger partial charge in [0.25, 0.3) is 5.56 Å². The third kappa shape index (κ3) is 4.83. The Bertz CT molecular complexity index is 1000. The van der Waals surface area contributed by atoms with E-state index < -0.39 is 0 Å². The maximum atomic E-state index is 12.2. The summed E-state index contributed by atoms with van der Waals surface area (Å²) in [5, 5.41) is 7.87. The maximum Gasteiger partial charge on any atom is 0.266 e. The fourth-order valence-electron chi connectivity index (χ4n) is 2.72. The Balaban J connectivity index is 1.61. The molecule has 0 bridgehead atoms. The minimum Gasteiger partial charge on any atom is -0.326 e. The summed E-state index contributed by atoms with van der Waals surface area (Å²) in [5.74, 6) is -0.118. The summed E-state index contributed by atoms with van der Waals surface area (Å²) in [7, 11) is 0. The number of nitrogens with zero attached hydrogens (tertiary/aromatic N) is 2. The van der Waals surface area contributed by atoms with Gasteiger partial charge in [-0.05, 0) is 37.1 Å². The van der Waals surface area contributed by atoms with Gasteiger partial charge >= 0.3 is 0 Å². The summed E-state index contributed by atoms with van der Waals surface area (Å²) in [5.41, 5.74) is 3.03. The molecule has 6 heteroatoms. The first-order valence-corrected chi connectivity index (χ1v) is 9.11. The Morgan fingerprint density at radius 1 is 1.07 bits per heavy atom. The van der Waals surface area contributed by atoms with Gasteiger partial charge < -0.3 is 5.32 Å². The van der Waals surface area contributed by atoms with E-state index in [0.717, 1.165) is 16.8 Å². The van der Waals surface area contributed by atoms with Crippen LogP contribution in [0.1, 0.15) is 18.4 Å².